The molecule has 0 bridgehead atoms. The molecule has 1 saturated carbocycles. The van der Waals surface area contributed by atoms with Gasteiger partial charge in [-0.3, -0.25) is 4.79 Å². The van der Waals surface area contributed by atoms with E-state index in [1.807, 2.05) is 6.92 Å². The van der Waals surface area contributed by atoms with Crippen molar-refractivity contribution >= 4 is 6.41 Å². The Hall–Kier alpha value is -1.09. The van der Waals surface area contributed by atoms with Gasteiger partial charge >= 0.3 is 0 Å². The van der Waals surface area contributed by atoms with Crippen LogP contribution in [0.1, 0.15) is 60.3 Å². The van der Waals surface area contributed by atoms with Crippen molar-refractivity contribution in [3.63, 3.8) is 0 Å². The van der Waals surface area contributed by atoms with Crippen molar-refractivity contribution in [1.82, 2.24) is 5.32 Å². The van der Waals surface area contributed by atoms with Crippen molar-refractivity contribution in [2.24, 2.45) is 5.92 Å². The van der Waals surface area contributed by atoms with Gasteiger partial charge < -0.3 is 10.1 Å². The smallest absolute Gasteiger partial charge is 0.207 e. The first-order chi connectivity index (χ1) is 9.85. The number of carbonyl (C=O) groups excluding carboxylic acids is 1. The topological polar surface area (TPSA) is 38.3 Å². The lowest BCUT2D eigenvalue weighted by Gasteiger charge is -2.43. The van der Waals surface area contributed by atoms with Gasteiger partial charge in [-0.25, -0.2) is 0 Å². The number of allylic oxidation sites excluding steroid dienone is 3. The van der Waals surface area contributed by atoms with E-state index in [1.165, 1.54) is 5.57 Å². The van der Waals surface area contributed by atoms with Crippen LogP contribution in [-0.2, 0) is 9.53 Å². The second kappa shape index (κ2) is 7.79. The molecule has 120 valence electrons. The minimum absolute atomic E-state index is 0.0466. The summed E-state index contributed by atoms with van der Waals surface area (Å²) >= 11 is 0. The minimum Gasteiger partial charge on any atom is -0.371 e. The first kappa shape index (κ1) is 18.0. The van der Waals surface area contributed by atoms with Crippen LogP contribution >= 0.6 is 0 Å². The van der Waals surface area contributed by atoms with Crippen LogP contribution in [0.4, 0.5) is 0 Å². The largest absolute Gasteiger partial charge is 0.371 e. The average molecular weight is 293 g/mol. The molecule has 21 heavy (non-hydrogen) atoms. The number of carbonyl (C=O) groups is 1. The van der Waals surface area contributed by atoms with Gasteiger partial charge in [0.25, 0.3) is 0 Å². The lowest BCUT2D eigenvalue weighted by Crippen LogP contribution is -2.48. The molecule has 1 aliphatic rings. The van der Waals surface area contributed by atoms with Crippen LogP contribution in [0.15, 0.2) is 23.8 Å². The maximum absolute atomic E-state index is 10.7. The Bertz CT molecular complexity index is 388. The Balaban J connectivity index is 2.76. The third kappa shape index (κ3) is 5.31. The van der Waals surface area contributed by atoms with Crippen LogP contribution in [-0.4, -0.2) is 24.2 Å². The summed E-state index contributed by atoms with van der Waals surface area (Å²) < 4.78 is 6.07. The summed E-state index contributed by atoms with van der Waals surface area (Å²) in [6.07, 6.45) is 11.4. The number of nitrogens with one attached hydrogen (secondary N) is 1. The molecule has 1 N–H and O–H groups in total. The molecular formula is C18H31NO2. The Morgan fingerprint density at radius 2 is 2.00 bits per heavy atom. The highest BCUT2D eigenvalue weighted by atomic mass is 16.5. The molecule has 0 spiro atoms. The second-order valence-electron chi connectivity index (χ2n) is 6.82. The van der Waals surface area contributed by atoms with Crippen molar-refractivity contribution in [2.75, 3.05) is 6.61 Å². The Morgan fingerprint density at radius 1 is 1.38 bits per heavy atom. The Labute approximate surface area is 129 Å². The van der Waals surface area contributed by atoms with Gasteiger partial charge in [-0.15, -0.1) is 0 Å². The fourth-order valence-corrected chi connectivity index (χ4v) is 3.16. The number of hydrogen-bond acceptors (Lipinski definition) is 2. The molecule has 0 heterocycles. The molecule has 1 atom stereocenters. The molecule has 1 amide bonds. The molecular weight excluding hydrogens is 262 g/mol. The zero-order valence-corrected chi connectivity index (χ0v) is 14.2. The van der Waals surface area contributed by atoms with Crippen LogP contribution in [0.2, 0.25) is 0 Å². The molecule has 1 aliphatic carbocycles. The lowest BCUT2D eigenvalue weighted by atomic mass is 9.71. The quantitative estimate of drug-likeness (QED) is 0.569. The molecule has 3 nitrogen and oxygen atoms in total. The fraction of sp³-hybridized carbons (Fsp3) is 0.722. The van der Waals surface area contributed by atoms with E-state index in [4.69, 9.17) is 4.74 Å². The minimum atomic E-state index is -0.219. The summed E-state index contributed by atoms with van der Waals surface area (Å²) in [5.41, 5.74) is 1.02. The predicted octanol–water partition coefficient (Wildman–Crippen LogP) is 4.00. The van der Waals surface area contributed by atoms with Gasteiger partial charge in [0, 0.05) is 12.1 Å². The van der Waals surface area contributed by atoms with Crippen LogP contribution in [0, 0.1) is 5.92 Å². The molecule has 0 radical (unpaired) electrons. The maximum atomic E-state index is 10.7. The number of rotatable bonds is 7. The first-order valence-electron chi connectivity index (χ1n) is 8.03. The molecule has 3 heteroatoms. The number of ether oxygens (including phenoxy) is 1. The fourth-order valence-electron chi connectivity index (χ4n) is 3.16. The van der Waals surface area contributed by atoms with Gasteiger partial charge in [0.2, 0.25) is 6.41 Å². The summed E-state index contributed by atoms with van der Waals surface area (Å²) in [6.45, 7) is 11.3. The first-order valence-corrected chi connectivity index (χ1v) is 8.03. The van der Waals surface area contributed by atoms with E-state index in [1.54, 1.807) is 0 Å². The van der Waals surface area contributed by atoms with Crippen molar-refractivity contribution in [3.8, 4) is 0 Å². The molecule has 1 rings (SSSR count). The van der Waals surface area contributed by atoms with Gasteiger partial charge in [0.05, 0.1) is 5.60 Å². The van der Waals surface area contributed by atoms with Gasteiger partial charge in [0.15, 0.2) is 0 Å². The summed E-state index contributed by atoms with van der Waals surface area (Å²) in [5.74, 6) is 0.501. The van der Waals surface area contributed by atoms with E-state index in [0.29, 0.717) is 5.92 Å². The van der Waals surface area contributed by atoms with E-state index in [9.17, 15) is 4.79 Å². The average Bonchev–Trinajstić information content (AvgIpc) is 2.39. The molecule has 0 aromatic carbocycles. The molecule has 0 aliphatic heterocycles. The Morgan fingerprint density at radius 3 is 2.48 bits per heavy atom. The summed E-state index contributed by atoms with van der Waals surface area (Å²) in [7, 11) is 0. The normalized spacial score (nSPS) is 28.9. The van der Waals surface area contributed by atoms with E-state index < -0.39 is 0 Å². The molecule has 0 unspecified atom stereocenters. The van der Waals surface area contributed by atoms with Gasteiger partial charge in [-0.2, -0.15) is 0 Å². The number of hydrogen-bond donors (Lipinski definition) is 1. The predicted molar refractivity (Wildman–Crippen MR) is 88.2 cm³/mol. The van der Waals surface area contributed by atoms with Crippen LogP contribution in [0.5, 0.6) is 0 Å². The molecule has 0 saturated heterocycles. The van der Waals surface area contributed by atoms with Gasteiger partial charge in [-0.1, -0.05) is 23.8 Å². The van der Waals surface area contributed by atoms with E-state index in [0.717, 1.165) is 38.7 Å². The van der Waals surface area contributed by atoms with Crippen molar-refractivity contribution < 1.29 is 9.53 Å². The molecule has 0 aromatic rings. The third-order valence-corrected chi connectivity index (χ3v) is 4.62. The number of amides is 1. The van der Waals surface area contributed by atoms with E-state index >= 15 is 0 Å². The molecule has 0 aromatic heterocycles. The summed E-state index contributed by atoms with van der Waals surface area (Å²) in [6, 6.07) is 0. The SMILES string of the molecule is CCO[C@@](C)(/C=C/C=C(C)C)C1CCC(C)(NC=O)CC1. The summed E-state index contributed by atoms with van der Waals surface area (Å²) in [4.78, 5) is 10.7. The van der Waals surface area contributed by atoms with Crippen molar-refractivity contribution in [2.45, 2.75) is 71.4 Å². The van der Waals surface area contributed by atoms with E-state index in [-0.39, 0.29) is 11.1 Å². The van der Waals surface area contributed by atoms with Crippen molar-refractivity contribution in [1.29, 1.82) is 0 Å². The highest BCUT2D eigenvalue weighted by Gasteiger charge is 2.39. The second-order valence-corrected chi connectivity index (χ2v) is 6.82. The summed E-state index contributed by atoms with van der Waals surface area (Å²) in [5, 5.41) is 2.97. The van der Waals surface area contributed by atoms with Crippen LogP contribution in [0.3, 0.4) is 0 Å². The zero-order chi connectivity index (χ0) is 15.9. The standard InChI is InChI=1S/C18H31NO2/c1-6-21-18(5,11-7-8-15(2)3)16-9-12-17(4,13-10-16)19-14-20/h7-8,11,14,16H,6,9-10,12-13H2,1-5H3,(H,19,20)/b11-7+/t16?,17?,18-/m0/s1. The van der Waals surface area contributed by atoms with Crippen LogP contribution in [0.25, 0.3) is 0 Å². The maximum Gasteiger partial charge on any atom is 0.207 e. The highest BCUT2D eigenvalue weighted by molar-refractivity contribution is 5.47. The van der Waals surface area contributed by atoms with E-state index in [2.05, 4.69) is 51.2 Å². The highest BCUT2D eigenvalue weighted by Crippen LogP contribution is 2.39. The molecule has 1 fully saturated rings. The lowest BCUT2D eigenvalue weighted by molar-refractivity contribution is -0.112. The zero-order valence-electron chi connectivity index (χ0n) is 14.2. The van der Waals surface area contributed by atoms with Gasteiger partial charge in [0.1, 0.15) is 0 Å². The van der Waals surface area contributed by atoms with Crippen molar-refractivity contribution in [3.05, 3.63) is 23.8 Å². The Kier molecular flexibility index (Phi) is 6.66. The van der Waals surface area contributed by atoms with Gasteiger partial charge in [-0.05, 0) is 66.2 Å². The van der Waals surface area contributed by atoms with Crippen LogP contribution < -0.4 is 5.32 Å². The monoisotopic (exact) mass is 293 g/mol. The third-order valence-electron chi connectivity index (χ3n) is 4.62.